The smallest absolute Gasteiger partial charge is 0.305 e. The summed E-state index contributed by atoms with van der Waals surface area (Å²) < 4.78 is 10.1. The van der Waals surface area contributed by atoms with Gasteiger partial charge in [0.05, 0.1) is 13.2 Å². The number of carbonyl (C=O) groups is 2. The van der Waals surface area contributed by atoms with Crippen molar-refractivity contribution >= 4 is 34.7 Å². The van der Waals surface area contributed by atoms with E-state index in [1.54, 1.807) is 6.07 Å². The Morgan fingerprint density at radius 2 is 2.21 bits per heavy atom. The van der Waals surface area contributed by atoms with E-state index in [1.165, 1.54) is 19.1 Å². The first kappa shape index (κ1) is 23.9. The molecule has 8 nitrogen and oxygen atoms in total. The first-order valence-corrected chi connectivity index (χ1v) is 12.3. The van der Waals surface area contributed by atoms with Crippen LogP contribution in [-0.4, -0.2) is 52.6 Å². The fraction of sp³-hybridized carbons (Fsp3) is 0.400. The normalized spacial score (nSPS) is 16.8. The molecule has 2 atom stereocenters. The zero-order valence-corrected chi connectivity index (χ0v) is 20.0. The Hall–Kier alpha value is -3.22. The summed E-state index contributed by atoms with van der Waals surface area (Å²) in [5.74, 6) is -0.101. The van der Waals surface area contributed by atoms with Crippen molar-refractivity contribution in [1.82, 2.24) is 19.2 Å². The molecule has 9 heteroatoms. The molecule has 178 valence electrons. The highest BCUT2D eigenvalue weighted by atomic mass is 32.2. The van der Waals surface area contributed by atoms with Crippen LogP contribution in [0.5, 0.6) is 0 Å². The number of methoxy groups -OCH3 is 1. The second kappa shape index (κ2) is 11.3. The molecule has 2 aromatic heterocycles. The maximum atomic E-state index is 13.6. The van der Waals surface area contributed by atoms with Gasteiger partial charge in [-0.1, -0.05) is 6.07 Å². The first-order chi connectivity index (χ1) is 16.6. The number of aromatic nitrogens is 2. The van der Waals surface area contributed by atoms with Crippen LogP contribution >= 0.6 is 11.9 Å². The van der Waals surface area contributed by atoms with Gasteiger partial charge in [-0.3, -0.25) is 9.59 Å². The number of rotatable bonds is 9. The van der Waals surface area contributed by atoms with Gasteiger partial charge in [-0.15, -0.1) is 0 Å². The van der Waals surface area contributed by atoms with Gasteiger partial charge >= 0.3 is 5.97 Å². The Morgan fingerprint density at radius 3 is 3.03 bits per heavy atom. The number of aromatic amines is 1. The molecule has 2 N–H and O–H groups in total. The van der Waals surface area contributed by atoms with E-state index in [-0.39, 0.29) is 17.8 Å². The van der Waals surface area contributed by atoms with Crippen molar-refractivity contribution in [3.63, 3.8) is 0 Å². The summed E-state index contributed by atoms with van der Waals surface area (Å²) in [6, 6.07) is 13.4. The van der Waals surface area contributed by atoms with Crippen LogP contribution in [-0.2, 0) is 20.9 Å². The van der Waals surface area contributed by atoms with Crippen molar-refractivity contribution in [3.8, 4) is 6.07 Å². The number of ether oxygens (including phenoxy) is 1. The van der Waals surface area contributed by atoms with Gasteiger partial charge in [0.1, 0.15) is 11.8 Å². The second-order valence-corrected chi connectivity index (χ2v) is 9.41. The number of nitriles is 1. The summed E-state index contributed by atoms with van der Waals surface area (Å²) in [4.78, 5) is 31.5. The van der Waals surface area contributed by atoms with Gasteiger partial charge in [-0.05, 0) is 67.5 Å². The van der Waals surface area contributed by atoms with Crippen LogP contribution < -0.4 is 4.72 Å². The third-order valence-corrected chi connectivity index (χ3v) is 7.26. The van der Waals surface area contributed by atoms with E-state index in [4.69, 9.17) is 4.74 Å². The maximum absolute atomic E-state index is 13.6. The number of likely N-dealkylation sites (tertiary alicyclic amines) is 1. The minimum atomic E-state index is -0.440. The fourth-order valence-corrected chi connectivity index (χ4v) is 5.39. The molecule has 1 fully saturated rings. The van der Waals surface area contributed by atoms with E-state index in [9.17, 15) is 14.9 Å². The van der Waals surface area contributed by atoms with Crippen LogP contribution in [0.4, 0.5) is 0 Å². The van der Waals surface area contributed by atoms with E-state index >= 15 is 0 Å². The summed E-state index contributed by atoms with van der Waals surface area (Å²) in [5, 5.41) is 10.4. The Balaban J connectivity index is 1.48. The summed E-state index contributed by atoms with van der Waals surface area (Å²) in [6.07, 6.45) is 6.42. The van der Waals surface area contributed by atoms with Crippen LogP contribution in [0.15, 0.2) is 53.7 Å². The molecule has 1 aliphatic rings. The number of hydrogen-bond donors (Lipinski definition) is 2. The molecule has 1 aromatic carbocycles. The summed E-state index contributed by atoms with van der Waals surface area (Å²) in [6.45, 7) is 1.78. The number of piperidine rings is 1. The van der Waals surface area contributed by atoms with Crippen LogP contribution in [0, 0.1) is 17.2 Å². The molecule has 1 aliphatic heterocycles. The Kier molecular flexibility index (Phi) is 7.93. The van der Waals surface area contributed by atoms with Crippen molar-refractivity contribution in [3.05, 3.63) is 54.5 Å². The number of hydrogen-bond acceptors (Lipinski definition) is 6. The van der Waals surface area contributed by atoms with Gasteiger partial charge < -0.3 is 19.2 Å². The molecular weight excluding hydrogens is 450 g/mol. The molecule has 4 rings (SSSR count). The Bertz CT molecular complexity index is 1180. The van der Waals surface area contributed by atoms with Crippen molar-refractivity contribution in [2.75, 3.05) is 20.2 Å². The maximum Gasteiger partial charge on any atom is 0.305 e. The molecule has 34 heavy (non-hydrogen) atoms. The number of nitrogens with one attached hydrogen (secondary N) is 2. The average Bonchev–Trinajstić information content (AvgIpc) is 3.53. The fourth-order valence-electron chi connectivity index (χ4n) is 4.46. The highest BCUT2D eigenvalue weighted by Gasteiger charge is 2.30. The van der Waals surface area contributed by atoms with Crippen molar-refractivity contribution in [2.45, 2.75) is 43.2 Å². The zero-order valence-electron chi connectivity index (χ0n) is 19.2. The third kappa shape index (κ3) is 5.64. The van der Waals surface area contributed by atoms with Crippen LogP contribution in [0.25, 0.3) is 10.9 Å². The molecule has 2 unspecified atom stereocenters. The number of nitrogens with zero attached hydrogens (tertiary/aromatic N) is 3. The zero-order chi connectivity index (χ0) is 23.9. The van der Waals surface area contributed by atoms with Gasteiger partial charge in [0.25, 0.3) is 0 Å². The van der Waals surface area contributed by atoms with E-state index in [2.05, 4.69) is 15.8 Å². The summed E-state index contributed by atoms with van der Waals surface area (Å²) in [7, 11) is 1.40. The number of aryl methyl sites for hydroxylation is 1. The van der Waals surface area contributed by atoms with E-state index in [0.29, 0.717) is 38.2 Å². The molecule has 0 spiro atoms. The number of benzene rings is 1. The third-order valence-electron chi connectivity index (χ3n) is 6.28. The molecule has 0 bridgehead atoms. The van der Waals surface area contributed by atoms with Gasteiger partial charge in [-0.25, -0.2) is 4.72 Å². The average molecular weight is 480 g/mol. The van der Waals surface area contributed by atoms with Crippen molar-refractivity contribution < 1.29 is 14.3 Å². The minimum Gasteiger partial charge on any atom is -0.469 e. The van der Waals surface area contributed by atoms with Crippen LogP contribution in [0.3, 0.4) is 0 Å². The van der Waals surface area contributed by atoms with E-state index < -0.39 is 6.04 Å². The van der Waals surface area contributed by atoms with Gasteiger partial charge in [0.2, 0.25) is 5.91 Å². The second-order valence-electron chi connectivity index (χ2n) is 8.53. The van der Waals surface area contributed by atoms with Crippen molar-refractivity contribution in [1.29, 1.82) is 5.26 Å². The summed E-state index contributed by atoms with van der Waals surface area (Å²) in [5.41, 5.74) is 1.62. The largest absolute Gasteiger partial charge is 0.469 e. The lowest BCUT2D eigenvalue weighted by molar-refractivity contribution is -0.144. The molecule has 3 aromatic rings. The molecule has 1 amide bonds. The topological polar surface area (TPSA) is 103 Å². The minimum absolute atomic E-state index is 0.0222. The lowest BCUT2D eigenvalue weighted by atomic mass is 9.94. The van der Waals surface area contributed by atoms with Crippen LogP contribution in [0.2, 0.25) is 0 Å². The number of fused-ring (bicyclic) bond motifs is 1. The van der Waals surface area contributed by atoms with E-state index in [0.717, 1.165) is 28.6 Å². The molecule has 0 saturated carbocycles. The van der Waals surface area contributed by atoms with Gasteiger partial charge in [-0.2, -0.15) is 5.26 Å². The molecular formula is C25H29N5O3S. The molecule has 1 saturated heterocycles. The number of amides is 1. The Labute approximate surface area is 203 Å². The predicted octanol–water partition coefficient (Wildman–Crippen LogP) is 3.70. The quantitative estimate of drug-likeness (QED) is 0.358. The number of esters is 1. The predicted molar refractivity (Wildman–Crippen MR) is 131 cm³/mol. The van der Waals surface area contributed by atoms with Gasteiger partial charge in [0.15, 0.2) is 0 Å². The standard InChI is InChI=1S/C25H29N5O3S/c1-33-24(31)15-18-5-3-13-30(17-18)25(32)22(10-14-29-12-4-6-19(29)16-26)28-34-23-8-2-7-21-20(23)9-11-27-21/h2,4,6-9,11-12,18,22,27-28H,3,5,10,13-15,17H2,1H3. The van der Waals surface area contributed by atoms with Gasteiger partial charge in [0, 0.05) is 54.2 Å². The van der Waals surface area contributed by atoms with E-state index in [1.807, 2.05) is 52.2 Å². The first-order valence-electron chi connectivity index (χ1n) is 11.5. The summed E-state index contributed by atoms with van der Waals surface area (Å²) >= 11 is 1.45. The lowest BCUT2D eigenvalue weighted by Crippen LogP contribution is -2.49. The highest BCUT2D eigenvalue weighted by Crippen LogP contribution is 2.27. The Morgan fingerprint density at radius 1 is 1.32 bits per heavy atom. The SMILES string of the molecule is COC(=O)CC1CCCN(C(=O)C(CCn2cccc2C#N)NSc2cccc3[nH]ccc23)C1. The number of carbonyl (C=O) groups excluding carboxylic acids is 2. The lowest BCUT2D eigenvalue weighted by Gasteiger charge is -2.35. The number of H-pyrrole nitrogens is 1. The molecule has 3 heterocycles. The highest BCUT2D eigenvalue weighted by molar-refractivity contribution is 7.97. The molecule has 0 radical (unpaired) electrons. The molecule has 0 aliphatic carbocycles. The monoisotopic (exact) mass is 479 g/mol. The van der Waals surface area contributed by atoms with Crippen molar-refractivity contribution in [2.24, 2.45) is 5.92 Å². The van der Waals surface area contributed by atoms with Crippen LogP contribution in [0.1, 0.15) is 31.4 Å².